The van der Waals surface area contributed by atoms with E-state index in [-0.39, 0.29) is 11.8 Å². The van der Waals surface area contributed by atoms with Gasteiger partial charge in [-0.1, -0.05) is 17.7 Å². The number of phenolic OH excluding ortho intramolecular Hbond substituents is 1. The lowest BCUT2D eigenvalue weighted by molar-refractivity contribution is 0.133. The van der Waals surface area contributed by atoms with Crippen LogP contribution in [-0.4, -0.2) is 16.3 Å². The SMILES string of the molecule is NC1CCc2c(ccc(O)c2Cl)C1O. The molecule has 3 nitrogen and oxygen atoms in total. The molecule has 1 aromatic carbocycles. The van der Waals surface area contributed by atoms with Crippen LogP contribution < -0.4 is 5.73 Å². The molecule has 0 saturated carbocycles. The average Bonchev–Trinajstić information content (AvgIpc) is 2.17. The molecule has 2 atom stereocenters. The van der Waals surface area contributed by atoms with Gasteiger partial charge < -0.3 is 15.9 Å². The van der Waals surface area contributed by atoms with Crippen molar-refractivity contribution in [2.24, 2.45) is 5.73 Å². The Labute approximate surface area is 87.1 Å². The average molecular weight is 214 g/mol. The highest BCUT2D eigenvalue weighted by molar-refractivity contribution is 6.32. The predicted molar refractivity (Wildman–Crippen MR) is 54.4 cm³/mol. The minimum absolute atomic E-state index is 0.0630. The van der Waals surface area contributed by atoms with Crippen LogP contribution in [0.1, 0.15) is 23.7 Å². The molecule has 0 aromatic heterocycles. The van der Waals surface area contributed by atoms with Gasteiger partial charge in [0, 0.05) is 6.04 Å². The maximum absolute atomic E-state index is 9.78. The summed E-state index contributed by atoms with van der Waals surface area (Å²) < 4.78 is 0. The van der Waals surface area contributed by atoms with Crippen LogP contribution in [0.25, 0.3) is 0 Å². The molecular weight excluding hydrogens is 202 g/mol. The first-order chi connectivity index (χ1) is 6.61. The molecule has 1 aromatic rings. The molecule has 2 unspecified atom stereocenters. The van der Waals surface area contributed by atoms with E-state index in [0.717, 1.165) is 11.1 Å². The number of aliphatic hydroxyl groups is 1. The van der Waals surface area contributed by atoms with E-state index in [2.05, 4.69) is 0 Å². The van der Waals surface area contributed by atoms with Gasteiger partial charge in [-0.25, -0.2) is 0 Å². The number of phenols is 1. The van der Waals surface area contributed by atoms with Gasteiger partial charge >= 0.3 is 0 Å². The van der Waals surface area contributed by atoms with Crippen LogP contribution in [0.4, 0.5) is 0 Å². The molecule has 0 heterocycles. The van der Waals surface area contributed by atoms with Crippen LogP contribution in [0.2, 0.25) is 5.02 Å². The highest BCUT2D eigenvalue weighted by Crippen LogP contribution is 2.37. The van der Waals surface area contributed by atoms with E-state index < -0.39 is 6.10 Å². The van der Waals surface area contributed by atoms with E-state index in [0.29, 0.717) is 17.9 Å². The third kappa shape index (κ3) is 1.38. The predicted octanol–water partition coefficient (Wildman–Crippen LogP) is 1.35. The first kappa shape index (κ1) is 9.77. The molecule has 14 heavy (non-hydrogen) atoms. The zero-order valence-corrected chi connectivity index (χ0v) is 8.33. The van der Waals surface area contributed by atoms with Crippen molar-refractivity contribution < 1.29 is 10.2 Å². The van der Waals surface area contributed by atoms with Crippen molar-refractivity contribution in [2.45, 2.75) is 25.0 Å². The summed E-state index contributed by atoms with van der Waals surface area (Å²) in [6, 6.07) is 2.94. The van der Waals surface area contributed by atoms with Gasteiger partial charge in [-0.15, -0.1) is 0 Å². The zero-order chi connectivity index (χ0) is 10.3. The highest BCUT2D eigenvalue weighted by atomic mass is 35.5. The first-order valence-electron chi connectivity index (χ1n) is 4.55. The molecule has 0 spiro atoms. The fourth-order valence-electron chi connectivity index (χ4n) is 1.85. The Morgan fingerprint density at radius 3 is 2.86 bits per heavy atom. The van der Waals surface area contributed by atoms with Crippen molar-refractivity contribution in [3.8, 4) is 5.75 Å². The van der Waals surface area contributed by atoms with Crippen LogP contribution in [0.5, 0.6) is 5.75 Å². The summed E-state index contributed by atoms with van der Waals surface area (Å²) in [5, 5.41) is 19.5. The van der Waals surface area contributed by atoms with E-state index in [1.165, 1.54) is 6.07 Å². The summed E-state index contributed by atoms with van der Waals surface area (Å²) in [5.74, 6) is 0.0630. The second-order valence-corrected chi connectivity index (χ2v) is 3.99. The number of nitrogens with two attached hydrogens (primary N) is 1. The molecule has 0 aliphatic heterocycles. The van der Waals surface area contributed by atoms with E-state index in [1.807, 2.05) is 0 Å². The van der Waals surface area contributed by atoms with Crippen LogP contribution in [0.3, 0.4) is 0 Å². The van der Waals surface area contributed by atoms with Crippen LogP contribution in [-0.2, 0) is 6.42 Å². The fourth-order valence-corrected chi connectivity index (χ4v) is 2.12. The summed E-state index contributed by atoms with van der Waals surface area (Å²) in [6.07, 6.45) is 0.731. The Kier molecular flexibility index (Phi) is 2.39. The van der Waals surface area contributed by atoms with Crippen molar-refractivity contribution in [2.75, 3.05) is 0 Å². The molecule has 2 rings (SSSR count). The second kappa shape index (κ2) is 3.42. The molecule has 76 valence electrons. The topological polar surface area (TPSA) is 66.5 Å². The summed E-state index contributed by atoms with van der Waals surface area (Å²) in [4.78, 5) is 0. The van der Waals surface area contributed by atoms with Gasteiger partial charge in [-0.3, -0.25) is 0 Å². The summed E-state index contributed by atoms with van der Waals surface area (Å²) >= 11 is 5.92. The van der Waals surface area contributed by atoms with Crippen molar-refractivity contribution in [1.29, 1.82) is 0 Å². The number of aromatic hydroxyl groups is 1. The van der Waals surface area contributed by atoms with Crippen molar-refractivity contribution in [3.63, 3.8) is 0 Å². The number of halogens is 1. The van der Waals surface area contributed by atoms with Crippen LogP contribution in [0.15, 0.2) is 12.1 Å². The monoisotopic (exact) mass is 213 g/mol. The Bertz CT molecular complexity index is 367. The Morgan fingerprint density at radius 1 is 1.43 bits per heavy atom. The van der Waals surface area contributed by atoms with Crippen molar-refractivity contribution >= 4 is 11.6 Å². The summed E-state index contributed by atoms with van der Waals surface area (Å²) in [7, 11) is 0. The van der Waals surface area contributed by atoms with Gasteiger partial charge in [0.2, 0.25) is 0 Å². The molecule has 1 aliphatic rings. The lowest BCUT2D eigenvalue weighted by Crippen LogP contribution is -2.33. The smallest absolute Gasteiger partial charge is 0.134 e. The van der Waals surface area contributed by atoms with Gasteiger partial charge in [0.05, 0.1) is 11.1 Å². The van der Waals surface area contributed by atoms with Gasteiger partial charge in [-0.2, -0.15) is 0 Å². The molecule has 0 bridgehead atoms. The Hall–Kier alpha value is -0.770. The lowest BCUT2D eigenvalue weighted by Gasteiger charge is -2.28. The minimum Gasteiger partial charge on any atom is -0.506 e. The molecule has 0 saturated heterocycles. The third-order valence-corrected chi connectivity index (χ3v) is 3.13. The van der Waals surface area contributed by atoms with E-state index in [4.69, 9.17) is 17.3 Å². The number of aliphatic hydroxyl groups excluding tert-OH is 1. The molecular formula is C10H12ClNO2. The van der Waals surface area contributed by atoms with E-state index in [1.54, 1.807) is 6.07 Å². The number of hydrogen-bond donors (Lipinski definition) is 3. The van der Waals surface area contributed by atoms with Crippen molar-refractivity contribution in [1.82, 2.24) is 0 Å². The Balaban J connectivity index is 2.53. The lowest BCUT2D eigenvalue weighted by atomic mass is 9.86. The van der Waals surface area contributed by atoms with Crippen LogP contribution >= 0.6 is 11.6 Å². The normalized spacial score (nSPS) is 25.9. The Morgan fingerprint density at radius 2 is 2.14 bits per heavy atom. The largest absolute Gasteiger partial charge is 0.506 e. The standard InChI is InChI=1S/C10H12ClNO2/c11-9-5-1-3-7(12)10(14)6(5)2-4-8(9)13/h2,4,7,10,13-14H,1,3,12H2. The summed E-state index contributed by atoms with van der Waals surface area (Å²) in [6.45, 7) is 0. The van der Waals surface area contributed by atoms with Crippen molar-refractivity contribution in [3.05, 3.63) is 28.3 Å². The van der Waals surface area contributed by atoms with Gasteiger partial charge in [0.1, 0.15) is 5.75 Å². The highest BCUT2D eigenvalue weighted by Gasteiger charge is 2.27. The number of benzene rings is 1. The second-order valence-electron chi connectivity index (χ2n) is 3.61. The fraction of sp³-hybridized carbons (Fsp3) is 0.400. The number of rotatable bonds is 0. The minimum atomic E-state index is -0.670. The maximum Gasteiger partial charge on any atom is 0.134 e. The summed E-state index contributed by atoms with van der Waals surface area (Å²) in [5.41, 5.74) is 7.29. The van der Waals surface area contributed by atoms with E-state index >= 15 is 0 Å². The number of fused-ring (bicyclic) bond motifs is 1. The van der Waals surface area contributed by atoms with E-state index in [9.17, 15) is 10.2 Å². The molecule has 0 amide bonds. The third-order valence-electron chi connectivity index (χ3n) is 2.71. The molecule has 0 fully saturated rings. The van der Waals surface area contributed by atoms with Gasteiger partial charge in [0.15, 0.2) is 0 Å². The zero-order valence-electron chi connectivity index (χ0n) is 7.57. The van der Waals surface area contributed by atoms with Crippen LogP contribution in [0, 0.1) is 0 Å². The van der Waals surface area contributed by atoms with Gasteiger partial charge in [-0.05, 0) is 30.0 Å². The quantitative estimate of drug-likeness (QED) is 0.610. The van der Waals surface area contributed by atoms with Gasteiger partial charge in [0.25, 0.3) is 0 Å². The molecule has 4 heteroatoms. The first-order valence-corrected chi connectivity index (χ1v) is 4.93. The molecule has 4 N–H and O–H groups in total. The molecule has 0 radical (unpaired) electrons. The molecule has 1 aliphatic carbocycles. The maximum atomic E-state index is 9.78. The number of hydrogen-bond acceptors (Lipinski definition) is 3.